The van der Waals surface area contributed by atoms with Crippen LogP contribution in [0.1, 0.15) is 84.9 Å². The van der Waals surface area contributed by atoms with Crippen LogP contribution in [0, 0.1) is 23.7 Å². The summed E-state index contributed by atoms with van der Waals surface area (Å²) < 4.78 is 19.2. The topological polar surface area (TPSA) is 326 Å². The molecule has 1 aromatic carbocycles. The lowest BCUT2D eigenvalue weighted by Gasteiger charge is -2.30. The lowest BCUT2D eigenvalue weighted by molar-refractivity contribution is -0.139. The average Bonchev–Trinajstić information content (AvgIpc) is 3.99. The number of aliphatic carboxylic acids is 1. The molecule has 0 spiro atoms. The molecule has 3 aromatic rings. The van der Waals surface area contributed by atoms with Gasteiger partial charge in [0, 0.05) is 49.6 Å². The molecule has 4 rings (SSSR count). The van der Waals surface area contributed by atoms with Gasteiger partial charge in [-0.3, -0.25) is 48.1 Å². The normalized spacial score (nSPS) is 16.7. The number of nitrogens with zero attached hydrogens (tertiary/aromatic N) is 3. The van der Waals surface area contributed by atoms with E-state index in [2.05, 4.69) is 46.9 Å². The fourth-order valence-corrected chi connectivity index (χ4v) is 8.90. The van der Waals surface area contributed by atoms with Gasteiger partial charge in [-0.25, -0.2) is 9.97 Å². The quantitative estimate of drug-likeness (QED) is 0.0248. The molecule has 1 saturated heterocycles. The molecule has 1 aliphatic rings. The van der Waals surface area contributed by atoms with Crippen LogP contribution in [0.3, 0.4) is 0 Å². The molecule has 0 saturated carbocycles. The molecule has 0 aliphatic carbocycles. The largest absolute Gasteiger partial charge is 0.489 e. The number of carboxylic acid groups (broad SMARTS) is 1. The number of thioether (sulfide) groups is 1. The zero-order chi connectivity index (χ0) is 54.5. The summed E-state index contributed by atoms with van der Waals surface area (Å²) in [6, 6.07) is 4.29. The number of rotatable bonds is 31. The van der Waals surface area contributed by atoms with Crippen molar-refractivity contribution in [3.05, 3.63) is 78.4 Å². The summed E-state index contributed by atoms with van der Waals surface area (Å²) >= 11 is 1.01. The number of aromatic nitrogens is 3. The van der Waals surface area contributed by atoms with Crippen molar-refractivity contribution in [1.29, 1.82) is 0 Å². The highest BCUT2D eigenvalue weighted by atomic mass is 32.2. The average molecular weight is 1050 g/mol. The lowest BCUT2D eigenvalue weighted by Crippen LogP contribution is -2.61. The number of hydrogen-bond donors (Lipinski definition) is 9. The number of halogens is 1. The zero-order valence-electron chi connectivity index (χ0n) is 42.6. The van der Waals surface area contributed by atoms with Gasteiger partial charge in [0.1, 0.15) is 36.8 Å². The fourth-order valence-electron chi connectivity index (χ4n) is 7.78. The number of aromatic amines is 1. The van der Waals surface area contributed by atoms with E-state index in [0.29, 0.717) is 24.1 Å². The maximum absolute atomic E-state index is 14.5. The molecule has 1 unspecified atom stereocenters. The minimum atomic E-state index is -1.33. The van der Waals surface area contributed by atoms with Crippen molar-refractivity contribution in [2.75, 3.05) is 25.4 Å². The number of carbonyl (C=O) groups excluding carboxylic acids is 8. The molecule has 24 heteroatoms. The van der Waals surface area contributed by atoms with Crippen molar-refractivity contribution in [1.82, 2.24) is 51.8 Å². The van der Waals surface area contributed by atoms with E-state index in [1.54, 1.807) is 51.1 Å². The van der Waals surface area contributed by atoms with Crippen molar-refractivity contribution < 1.29 is 57.4 Å². The molecule has 10 N–H and O–H groups in total. The maximum atomic E-state index is 14.5. The number of nitrogens with one attached hydrogen (secondary N) is 7. The van der Waals surface area contributed by atoms with Gasteiger partial charge < -0.3 is 52.5 Å². The summed E-state index contributed by atoms with van der Waals surface area (Å²) in [7, 11) is 0. The summed E-state index contributed by atoms with van der Waals surface area (Å²) in [6.07, 6.45) is 5.06. The van der Waals surface area contributed by atoms with E-state index in [4.69, 9.17) is 15.6 Å². The lowest BCUT2D eigenvalue weighted by atomic mass is 9.94. The SMILES string of the molecule is CC[C@H](C)[C@H](NC(=O)[C@H](CC(C)C)NC(=O)[C@H](Cc1ccccc1)NC(=O)[C@H](Cc1cnc[nH]1)NC(=O)[C@@H](N)CSC1CC(=O)N(CCCOc2cccnc2[18F])C1=O)C(=O)N[C@H](C(=O)NCC(=O)O)[C@@H](C)CC. The van der Waals surface area contributed by atoms with E-state index in [9.17, 15) is 47.5 Å². The van der Waals surface area contributed by atoms with Gasteiger partial charge in [0.05, 0.1) is 24.2 Å². The number of amides is 8. The van der Waals surface area contributed by atoms with Gasteiger partial charge in [0.15, 0.2) is 5.75 Å². The maximum Gasteiger partial charge on any atom is 0.322 e. The molecule has 9 atom stereocenters. The van der Waals surface area contributed by atoms with Crippen LogP contribution in [0.15, 0.2) is 61.2 Å². The molecule has 3 heterocycles. The van der Waals surface area contributed by atoms with E-state index in [0.717, 1.165) is 16.7 Å². The van der Waals surface area contributed by atoms with E-state index in [1.165, 1.54) is 30.9 Å². The highest BCUT2D eigenvalue weighted by Gasteiger charge is 2.40. The predicted octanol–water partition coefficient (Wildman–Crippen LogP) is 1.15. The van der Waals surface area contributed by atoms with Crippen LogP contribution in [0.2, 0.25) is 0 Å². The first-order chi connectivity index (χ1) is 35.2. The third-order valence-corrected chi connectivity index (χ3v) is 13.7. The van der Waals surface area contributed by atoms with Crippen molar-refractivity contribution in [2.24, 2.45) is 23.5 Å². The van der Waals surface area contributed by atoms with Gasteiger partial charge in [-0.05, 0) is 48.3 Å². The Hall–Kier alpha value is -6.95. The van der Waals surface area contributed by atoms with Crippen LogP contribution in [0.5, 0.6) is 5.75 Å². The number of H-pyrrole nitrogens is 1. The van der Waals surface area contributed by atoms with Crippen LogP contribution in [0.25, 0.3) is 0 Å². The predicted molar refractivity (Wildman–Crippen MR) is 271 cm³/mol. The molecule has 2 aromatic heterocycles. The molecule has 0 radical (unpaired) electrons. The minimum Gasteiger partial charge on any atom is -0.489 e. The van der Waals surface area contributed by atoms with E-state index >= 15 is 0 Å². The van der Waals surface area contributed by atoms with Gasteiger partial charge in [0.2, 0.25) is 47.3 Å². The molecular weight excluding hydrogens is 981 g/mol. The highest BCUT2D eigenvalue weighted by molar-refractivity contribution is 8.00. The molecule has 0 bridgehead atoms. The highest BCUT2D eigenvalue weighted by Crippen LogP contribution is 2.26. The number of imidazole rings is 1. The molecule has 1 fully saturated rings. The number of likely N-dealkylation sites (tertiary alicyclic amines) is 1. The fraction of sp³-hybridized carbons (Fsp3) is 0.540. The Bertz CT molecular complexity index is 2380. The number of benzene rings is 1. The number of carbonyl (C=O) groups is 9. The van der Waals surface area contributed by atoms with Crippen LogP contribution < -0.4 is 42.4 Å². The molecule has 22 nitrogen and oxygen atoms in total. The second-order valence-electron chi connectivity index (χ2n) is 18.6. The smallest absolute Gasteiger partial charge is 0.322 e. The standard InChI is InChI=1S/C50H70FN11O11S/c1-7-29(5)41(48(70)55-25-40(64)65)61-49(71)42(30(6)8-2)60-47(69)34(20-28(3)4)58-45(67)35(21-31-14-10-9-11-15-31)59-46(68)36(22-32-24-53-27-56-32)57-44(66)33(52)26-74-38-23-39(63)62(50(38)72)18-13-19-73-37-16-12-17-54-43(37)51/h9-12,14-17,24,27-30,33-36,38,41-42H,7-8,13,18-23,25-26,52H2,1-6H3,(H,53,56)(H,55,70)(H,57,66)(H,58,67)(H,59,68)(H,60,69)(H,61,71)(H,64,65)/t29-,30-,33-,34-,35-,36-,38?,41-,42-/m0/s1/i51-1. The first-order valence-electron chi connectivity index (χ1n) is 24.7. The van der Waals surface area contributed by atoms with Crippen molar-refractivity contribution >= 4 is 65.0 Å². The number of pyridine rings is 1. The second-order valence-corrected chi connectivity index (χ2v) is 19.9. The van der Waals surface area contributed by atoms with E-state index in [1.807, 2.05) is 20.8 Å². The summed E-state index contributed by atoms with van der Waals surface area (Å²) in [5.41, 5.74) is 7.42. The minimum absolute atomic E-state index is 0.0223. The number of nitrogens with two attached hydrogens (primary N) is 1. The van der Waals surface area contributed by atoms with Gasteiger partial charge in [-0.2, -0.15) is 4.39 Å². The Labute approximate surface area is 433 Å². The van der Waals surface area contributed by atoms with Crippen molar-refractivity contribution in [3.63, 3.8) is 0 Å². The van der Waals surface area contributed by atoms with Gasteiger partial charge in [0.25, 0.3) is 5.95 Å². The monoisotopic (exact) mass is 1050 g/mol. The molecule has 1 aliphatic heterocycles. The van der Waals surface area contributed by atoms with Crippen LogP contribution in [-0.4, -0.2) is 145 Å². The van der Waals surface area contributed by atoms with Crippen LogP contribution in [-0.2, 0) is 56.0 Å². The van der Waals surface area contributed by atoms with Crippen LogP contribution >= 0.6 is 11.8 Å². The summed E-state index contributed by atoms with van der Waals surface area (Å²) in [5, 5.41) is 24.3. The van der Waals surface area contributed by atoms with Gasteiger partial charge in [-0.1, -0.05) is 84.7 Å². The van der Waals surface area contributed by atoms with E-state index < -0.39 is 119 Å². The van der Waals surface area contributed by atoms with Gasteiger partial charge in [-0.15, -0.1) is 11.8 Å². The van der Waals surface area contributed by atoms with Crippen molar-refractivity contribution in [3.8, 4) is 5.75 Å². The zero-order valence-corrected chi connectivity index (χ0v) is 43.4. The molecule has 8 amide bonds. The Morgan fingerprint density at radius 2 is 1.43 bits per heavy atom. The Morgan fingerprint density at radius 3 is 2.04 bits per heavy atom. The van der Waals surface area contributed by atoms with Crippen LogP contribution in [0.4, 0.5) is 4.39 Å². The molecule has 74 heavy (non-hydrogen) atoms. The van der Waals surface area contributed by atoms with Gasteiger partial charge >= 0.3 is 5.97 Å². The second kappa shape index (κ2) is 29.7. The number of hydrogen-bond acceptors (Lipinski definition) is 14. The summed E-state index contributed by atoms with van der Waals surface area (Å²) in [6.45, 7) is 10.1. The Morgan fingerprint density at radius 1 is 0.824 bits per heavy atom. The molecule has 404 valence electrons. The summed E-state index contributed by atoms with van der Waals surface area (Å²) in [4.78, 5) is 132. The number of carboxylic acids is 1. The first-order valence-corrected chi connectivity index (χ1v) is 25.7. The first kappa shape index (κ1) is 59.6. The van der Waals surface area contributed by atoms with E-state index in [-0.39, 0.29) is 62.7 Å². The summed E-state index contributed by atoms with van der Waals surface area (Å²) in [5.74, 6) is -8.50. The Balaban J connectivity index is 1.47. The third kappa shape index (κ3) is 18.5. The molecular formula is C50H70FN11O11S. The van der Waals surface area contributed by atoms with Crippen molar-refractivity contribution in [2.45, 2.75) is 128 Å². The Kier molecular flexibility index (Phi) is 23.9. The number of imide groups is 1. The number of ether oxygens (including phenoxy) is 1. The third-order valence-electron chi connectivity index (χ3n) is 12.4.